The maximum absolute atomic E-state index is 12.1. The molecule has 3 rings (SSSR count). The molecule has 0 unspecified atom stereocenters. The van der Waals surface area contributed by atoms with Gasteiger partial charge in [-0.1, -0.05) is 44.7 Å². The van der Waals surface area contributed by atoms with Gasteiger partial charge in [-0.15, -0.1) is 10.2 Å². The highest BCUT2D eigenvalue weighted by Crippen LogP contribution is 2.27. The monoisotopic (exact) mass is 388 g/mol. The molecule has 2 heterocycles. The molecule has 2 aromatic rings. The number of amides is 3. The third-order valence-corrected chi connectivity index (χ3v) is 5.19. The van der Waals surface area contributed by atoms with Crippen LogP contribution in [0.2, 0.25) is 0 Å². The smallest absolute Gasteiger partial charge is 0.325 e. The van der Waals surface area contributed by atoms with E-state index in [9.17, 15) is 9.59 Å². The van der Waals surface area contributed by atoms with Crippen LogP contribution in [-0.4, -0.2) is 44.9 Å². The van der Waals surface area contributed by atoms with Crippen molar-refractivity contribution in [2.24, 2.45) is 0 Å². The van der Waals surface area contributed by atoms with Crippen molar-refractivity contribution in [2.75, 3.05) is 12.3 Å². The van der Waals surface area contributed by atoms with E-state index in [2.05, 4.69) is 48.4 Å². The summed E-state index contributed by atoms with van der Waals surface area (Å²) in [5.74, 6) is 0.715. The first-order chi connectivity index (χ1) is 12.6. The number of carbonyl (C=O) groups is 2. The normalized spacial score (nSPS) is 16.7. The van der Waals surface area contributed by atoms with Gasteiger partial charge in [-0.25, -0.2) is 4.79 Å². The first kappa shape index (κ1) is 19.4. The number of thioether (sulfide) groups is 1. The van der Waals surface area contributed by atoms with E-state index >= 15 is 0 Å². The molecule has 1 N–H and O–H groups in total. The van der Waals surface area contributed by atoms with Crippen LogP contribution in [0.4, 0.5) is 4.79 Å². The maximum atomic E-state index is 12.1. The lowest BCUT2D eigenvalue weighted by molar-refractivity contribution is -0.130. The van der Waals surface area contributed by atoms with Gasteiger partial charge in [0.25, 0.3) is 11.1 Å². The fourth-order valence-electron chi connectivity index (χ4n) is 2.74. The van der Waals surface area contributed by atoms with Crippen molar-refractivity contribution >= 4 is 23.7 Å². The van der Waals surface area contributed by atoms with E-state index in [0.29, 0.717) is 16.9 Å². The van der Waals surface area contributed by atoms with Gasteiger partial charge in [-0.05, 0) is 37.0 Å². The molecule has 3 amide bonds. The maximum Gasteiger partial charge on any atom is 0.325 e. The number of rotatable bonds is 5. The number of urea groups is 1. The summed E-state index contributed by atoms with van der Waals surface area (Å²) in [6.07, 6.45) is 0. The van der Waals surface area contributed by atoms with Gasteiger partial charge in [-0.2, -0.15) is 0 Å². The Hall–Kier alpha value is -2.35. The zero-order valence-corrected chi connectivity index (χ0v) is 17.0. The van der Waals surface area contributed by atoms with Crippen molar-refractivity contribution < 1.29 is 14.0 Å². The molecule has 144 valence electrons. The predicted molar refractivity (Wildman–Crippen MR) is 103 cm³/mol. The van der Waals surface area contributed by atoms with E-state index in [-0.39, 0.29) is 23.9 Å². The Labute approximate surface area is 162 Å². The molecule has 1 aliphatic rings. The highest BCUT2D eigenvalue weighted by Gasteiger charge is 2.43. The van der Waals surface area contributed by atoms with E-state index < -0.39 is 5.54 Å². The van der Waals surface area contributed by atoms with Crippen LogP contribution in [0.3, 0.4) is 0 Å². The van der Waals surface area contributed by atoms with Crippen LogP contribution in [0.5, 0.6) is 0 Å². The summed E-state index contributed by atoms with van der Waals surface area (Å²) in [5, 5.41) is 11.2. The summed E-state index contributed by atoms with van der Waals surface area (Å²) < 4.78 is 5.69. The molecule has 0 atom stereocenters. The second kappa shape index (κ2) is 6.99. The summed E-state index contributed by atoms with van der Waals surface area (Å²) in [5.41, 5.74) is 1.33. The number of carbonyl (C=O) groups excluding carboxylic acids is 2. The first-order valence-electron chi connectivity index (χ1n) is 8.79. The van der Waals surface area contributed by atoms with Gasteiger partial charge in [0.2, 0.25) is 5.89 Å². The molecule has 0 spiro atoms. The Morgan fingerprint density at radius 3 is 2.37 bits per heavy atom. The molecule has 0 radical (unpaired) electrons. The summed E-state index contributed by atoms with van der Waals surface area (Å²) in [6, 6.07) is 7.70. The van der Waals surface area contributed by atoms with E-state index in [4.69, 9.17) is 4.42 Å². The van der Waals surface area contributed by atoms with Gasteiger partial charge in [-0.3, -0.25) is 9.69 Å². The SMILES string of the molecule is CC1(C)NC(=O)N(CCSc2nnc(-c3ccc(C(C)(C)C)cc3)o2)C1=O. The molecule has 1 aliphatic heterocycles. The molecular formula is C19H24N4O3S. The molecule has 1 fully saturated rings. The molecule has 8 heteroatoms. The van der Waals surface area contributed by atoms with Crippen molar-refractivity contribution in [3.63, 3.8) is 0 Å². The molecule has 1 saturated heterocycles. The zero-order valence-electron chi connectivity index (χ0n) is 16.2. The lowest BCUT2D eigenvalue weighted by Crippen LogP contribution is -2.40. The third kappa shape index (κ3) is 4.16. The number of nitrogens with zero attached hydrogens (tertiary/aromatic N) is 3. The number of imide groups is 1. The molecule has 0 saturated carbocycles. The lowest BCUT2D eigenvalue weighted by Gasteiger charge is -2.18. The average Bonchev–Trinajstić information content (AvgIpc) is 3.12. The zero-order chi connectivity index (χ0) is 19.8. The minimum absolute atomic E-state index is 0.0856. The summed E-state index contributed by atoms with van der Waals surface area (Å²) in [7, 11) is 0. The standard InChI is InChI=1S/C19H24N4O3S/c1-18(2,3)13-8-6-12(7-9-13)14-21-22-17(26-14)27-11-10-23-15(24)19(4,5)20-16(23)25/h6-9H,10-11H2,1-5H3,(H,20,25). The van der Waals surface area contributed by atoms with E-state index in [1.807, 2.05) is 12.1 Å². The minimum Gasteiger partial charge on any atom is -0.411 e. The molecule has 27 heavy (non-hydrogen) atoms. The molecule has 0 aliphatic carbocycles. The van der Waals surface area contributed by atoms with Crippen molar-refractivity contribution in [3.05, 3.63) is 29.8 Å². The minimum atomic E-state index is -0.849. The Balaban J connectivity index is 1.59. The van der Waals surface area contributed by atoms with Crippen LogP contribution in [0, 0.1) is 0 Å². The van der Waals surface area contributed by atoms with Crippen molar-refractivity contribution in [1.82, 2.24) is 20.4 Å². The Morgan fingerprint density at radius 2 is 1.81 bits per heavy atom. The topological polar surface area (TPSA) is 88.3 Å². The highest BCUT2D eigenvalue weighted by atomic mass is 32.2. The van der Waals surface area contributed by atoms with Gasteiger partial charge < -0.3 is 9.73 Å². The van der Waals surface area contributed by atoms with E-state index in [0.717, 1.165) is 5.56 Å². The average molecular weight is 388 g/mol. The van der Waals surface area contributed by atoms with Crippen LogP contribution in [-0.2, 0) is 10.2 Å². The quantitative estimate of drug-likeness (QED) is 0.623. The number of aromatic nitrogens is 2. The summed E-state index contributed by atoms with van der Waals surface area (Å²) >= 11 is 1.32. The van der Waals surface area contributed by atoms with Gasteiger partial charge in [0.1, 0.15) is 5.54 Å². The fourth-order valence-corrected chi connectivity index (χ4v) is 3.43. The van der Waals surface area contributed by atoms with Gasteiger partial charge in [0, 0.05) is 17.9 Å². The van der Waals surface area contributed by atoms with Gasteiger partial charge in [0.15, 0.2) is 0 Å². The van der Waals surface area contributed by atoms with Crippen LogP contribution in [0.25, 0.3) is 11.5 Å². The van der Waals surface area contributed by atoms with Crippen LogP contribution in [0.15, 0.2) is 33.9 Å². The Bertz CT molecular complexity index is 853. The number of hydrogen-bond acceptors (Lipinski definition) is 6. The van der Waals surface area contributed by atoms with Crippen molar-refractivity contribution in [2.45, 2.75) is 50.8 Å². The second-order valence-electron chi connectivity index (χ2n) is 8.06. The van der Waals surface area contributed by atoms with Crippen molar-refractivity contribution in [1.29, 1.82) is 0 Å². The molecular weight excluding hydrogens is 364 g/mol. The molecule has 1 aromatic heterocycles. The Morgan fingerprint density at radius 1 is 1.15 bits per heavy atom. The second-order valence-corrected chi connectivity index (χ2v) is 9.11. The van der Waals surface area contributed by atoms with E-state index in [1.165, 1.54) is 22.2 Å². The lowest BCUT2D eigenvalue weighted by atomic mass is 9.87. The number of hydrogen-bond donors (Lipinski definition) is 1. The Kier molecular flexibility index (Phi) is 5.03. The van der Waals surface area contributed by atoms with Crippen LogP contribution < -0.4 is 5.32 Å². The van der Waals surface area contributed by atoms with E-state index in [1.54, 1.807) is 13.8 Å². The summed E-state index contributed by atoms with van der Waals surface area (Å²) in [6.45, 7) is 10.2. The predicted octanol–water partition coefficient (Wildman–Crippen LogP) is 3.46. The van der Waals surface area contributed by atoms with Crippen LogP contribution >= 0.6 is 11.8 Å². The third-order valence-electron chi connectivity index (χ3n) is 4.39. The summed E-state index contributed by atoms with van der Waals surface area (Å²) in [4.78, 5) is 25.2. The largest absolute Gasteiger partial charge is 0.411 e. The molecule has 7 nitrogen and oxygen atoms in total. The fraction of sp³-hybridized carbons (Fsp3) is 0.474. The highest BCUT2D eigenvalue weighted by molar-refractivity contribution is 7.99. The van der Waals surface area contributed by atoms with Gasteiger partial charge in [0.05, 0.1) is 0 Å². The van der Waals surface area contributed by atoms with Crippen LogP contribution in [0.1, 0.15) is 40.2 Å². The first-order valence-corrected chi connectivity index (χ1v) is 9.78. The number of benzene rings is 1. The number of nitrogens with one attached hydrogen (secondary N) is 1. The molecule has 1 aromatic carbocycles. The van der Waals surface area contributed by atoms with Gasteiger partial charge >= 0.3 is 6.03 Å². The molecule has 0 bridgehead atoms. The van der Waals surface area contributed by atoms with Crippen molar-refractivity contribution in [3.8, 4) is 11.5 Å².